The van der Waals surface area contributed by atoms with Gasteiger partial charge in [-0.3, -0.25) is 4.99 Å². The number of nitrogens with zero attached hydrogens (tertiary/aromatic N) is 4. The van der Waals surface area contributed by atoms with Crippen LogP contribution in [0.15, 0.2) is 41.7 Å². The van der Waals surface area contributed by atoms with Crippen molar-refractivity contribution in [2.75, 3.05) is 19.7 Å². The van der Waals surface area contributed by atoms with Gasteiger partial charge in [-0.25, -0.2) is 0 Å². The molecule has 2 N–H and O–H groups in total. The molecule has 0 amide bonds. The van der Waals surface area contributed by atoms with Crippen molar-refractivity contribution in [2.45, 2.75) is 51.8 Å². The lowest BCUT2D eigenvalue weighted by Crippen LogP contribution is -2.40. The van der Waals surface area contributed by atoms with Crippen molar-refractivity contribution in [2.24, 2.45) is 4.99 Å². The average Bonchev–Trinajstić information content (AvgIpc) is 3.38. The van der Waals surface area contributed by atoms with E-state index in [2.05, 4.69) is 63.5 Å². The fourth-order valence-electron chi connectivity index (χ4n) is 3.20. The number of rotatable bonds is 8. The van der Waals surface area contributed by atoms with E-state index in [4.69, 9.17) is 9.73 Å². The zero-order chi connectivity index (χ0) is 18.9. The van der Waals surface area contributed by atoms with E-state index in [0.29, 0.717) is 6.54 Å². The predicted octanol–water partition coefficient (Wildman–Crippen LogP) is 2.93. The molecule has 1 fully saturated rings. The Morgan fingerprint density at radius 3 is 2.89 bits per heavy atom. The van der Waals surface area contributed by atoms with Crippen molar-refractivity contribution in [3.05, 3.63) is 48.0 Å². The first kappa shape index (κ1) is 22.6. The summed E-state index contributed by atoms with van der Waals surface area (Å²) >= 11 is 0. The summed E-state index contributed by atoms with van der Waals surface area (Å²) in [5.41, 5.74) is 1.23. The molecule has 7 nitrogen and oxygen atoms in total. The summed E-state index contributed by atoms with van der Waals surface area (Å²) in [4.78, 5) is 4.76. The monoisotopic (exact) mass is 498 g/mol. The maximum atomic E-state index is 5.70. The topological polar surface area (TPSA) is 76.4 Å². The van der Waals surface area contributed by atoms with Gasteiger partial charge in [-0.2, -0.15) is 0 Å². The maximum Gasteiger partial charge on any atom is 0.191 e. The number of nitrogens with one attached hydrogen (secondary N) is 2. The van der Waals surface area contributed by atoms with Gasteiger partial charge in [0.1, 0.15) is 12.2 Å². The molecule has 2 heterocycles. The number of ether oxygens (including phenoxy) is 1. The van der Waals surface area contributed by atoms with Crippen LogP contribution in [0.3, 0.4) is 0 Å². The summed E-state index contributed by atoms with van der Waals surface area (Å²) in [5.74, 6) is 1.81. The summed E-state index contributed by atoms with van der Waals surface area (Å²) < 4.78 is 7.78. The third kappa shape index (κ3) is 6.73. The van der Waals surface area contributed by atoms with Crippen molar-refractivity contribution in [3.8, 4) is 0 Å². The molecule has 8 heteroatoms. The fraction of sp³-hybridized carbons (Fsp3) is 0.550. The Morgan fingerprint density at radius 2 is 2.18 bits per heavy atom. The summed E-state index contributed by atoms with van der Waals surface area (Å²) in [6.07, 6.45) is 5.11. The Morgan fingerprint density at radius 1 is 1.36 bits per heavy atom. The molecule has 0 radical (unpaired) electrons. The molecular formula is C20H31IN6O. The van der Waals surface area contributed by atoms with Gasteiger partial charge >= 0.3 is 0 Å². The predicted molar refractivity (Wildman–Crippen MR) is 122 cm³/mol. The number of hydrogen-bond acceptors (Lipinski definition) is 4. The van der Waals surface area contributed by atoms with Gasteiger partial charge in [0.05, 0.1) is 18.7 Å². The second-order valence-electron chi connectivity index (χ2n) is 6.82. The van der Waals surface area contributed by atoms with Crippen molar-refractivity contribution in [1.29, 1.82) is 0 Å². The lowest BCUT2D eigenvalue weighted by atomic mass is 10.1. The Balaban J connectivity index is 0.00000280. The van der Waals surface area contributed by atoms with Crippen LogP contribution >= 0.6 is 24.0 Å². The summed E-state index contributed by atoms with van der Waals surface area (Å²) in [6.45, 7) is 7.33. The number of hydrogen-bond donors (Lipinski definition) is 2. The average molecular weight is 498 g/mol. The number of guanidine groups is 1. The van der Waals surface area contributed by atoms with E-state index in [1.54, 1.807) is 6.33 Å². The highest BCUT2D eigenvalue weighted by atomic mass is 127. The molecule has 1 aromatic heterocycles. The largest absolute Gasteiger partial charge is 0.376 e. The molecule has 0 spiro atoms. The molecule has 1 saturated heterocycles. The van der Waals surface area contributed by atoms with Gasteiger partial charge in [0.2, 0.25) is 0 Å². The van der Waals surface area contributed by atoms with E-state index < -0.39 is 0 Å². The van der Waals surface area contributed by atoms with Gasteiger partial charge in [-0.05, 0) is 25.3 Å². The molecular weight excluding hydrogens is 467 g/mol. The van der Waals surface area contributed by atoms with E-state index in [9.17, 15) is 0 Å². The first-order valence-corrected chi connectivity index (χ1v) is 9.84. The first-order chi connectivity index (χ1) is 13.3. The molecule has 2 atom stereocenters. The van der Waals surface area contributed by atoms with E-state index >= 15 is 0 Å². The molecule has 2 aromatic rings. The molecule has 2 unspecified atom stereocenters. The normalized spacial score (nSPS) is 17.8. The quantitative estimate of drug-likeness (QED) is 0.333. The third-order valence-corrected chi connectivity index (χ3v) is 4.79. The number of halogens is 1. The van der Waals surface area contributed by atoms with Gasteiger partial charge in [0, 0.05) is 26.1 Å². The Bertz CT molecular complexity index is 714. The van der Waals surface area contributed by atoms with Crippen molar-refractivity contribution in [1.82, 2.24) is 25.4 Å². The molecule has 0 bridgehead atoms. The second-order valence-corrected chi connectivity index (χ2v) is 6.82. The van der Waals surface area contributed by atoms with Crippen LogP contribution in [0.25, 0.3) is 0 Å². The second kappa shape index (κ2) is 12.0. The Labute approximate surface area is 184 Å². The van der Waals surface area contributed by atoms with Crippen LogP contribution in [-0.4, -0.2) is 46.5 Å². The van der Waals surface area contributed by atoms with Crippen LogP contribution in [0.1, 0.15) is 44.1 Å². The maximum absolute atomic E-state index is 5.70. The first-order valence-electron chi connectivity index (χ1n) is 9.84. The van der Waals surface area contributed by atoms with Gasteiger partial charge < -0.3 is 19.9 Å². The van der Waals surface area contributed by atoms with Crippen LogP contribution in [0.2, 0.25) is 0 Å². The van der Waals surface area contributed by atoms with Crippen molar-refractivity contribution in [3.63, 3.8) is 0 Å². The van der Waals surface area contributed by atoms with Gasteiger partial charge in [-0.1, -0.05) is 37.3 Å². The van der Waals surface area contributed by atoms with E-state index in [-0.39, 0.29) is 36.1 Å². The van der Waals surface area contributed by atoms with E-state index in [0.717, 1.165) is 50.7 Å². The minimum absolute atomic E-state index is 0. The van der Waals surface area contributed by atoms with E-state index in [1.165, 1.54) is 5.56 Å². The number of benzene rings is 1. The smallest absolute Gasteiger partial charge is 0.191 e. The lowest BCUT2D eigenvalue weighted by Gasteiger charge is -2.19. The standard InChI is InChI=1S/C20H30N6O.HI/c1-3-19-25-23-15-26(19)12-11-21-20(22-14-18-10-7-13-27-18)24-16(2)17-8-5-4-6-9-17;/h4-6,8-9,15-16,18H,3,7,10-14H2,1-2H3,(H2,21,22,24);1H. The minimum atomic E-state index is 0. The summed E-state index contributed by atoms with van der Waals surface area (Å²) in [6, 6.07) is 10.6. The highest BCUT2D eigenvalue weighted by Gasteiger charge is 2.15. The van der Waals surface area contributed by atoms with Gasteiger partial charge in [0.25, 0.3) is 0 Å². The van der Waals surface area contributed by atoms with Crippen LogP contribution in [0, 0.1) is 0 Å². The minimum Gasteiger partial charge on any atom is -0.376 e. The highest BCUT2D eigenvalue weighted by Crippen LogP contribution is 2.13. The molecule has 1 aliphatic heterocycles. The van der Waals surface area contributed by atoms with E-state index in [1.807, 2.05) is 6.07 Å². The highest BCUT2D eigenvalue weighted by molar-refractivity contribution is 14.0. The zero-order valence-electron chi connectivity index (χ0n) is 16.7. The third-order valence-electron chi connectivity index (χ3n) is 4.79. The molecule has 0 saturated carbocycles. The van der Waals surface area contributed by atoms with Gasteiger partial charge in [0.15, 0.2) is 5.96 Å². The zero-order valence-corrected chi connectivity index (χ0v) is 19.0. The molecule has 28 heavy (non-hydrogen) atoms. The number of aliphatic imine (C=N–C) groups is 1. The van der Waals surface area contributed by atoms with Crippen LogP contribution in [-0.2, 0) is 17.7 Å². The molecule has 154 valence electrons. The summed E-state index contributed by atoms with van der Waals surface area (Å²) in [5, 5.41) is 15.1. The molecule has 3 rings (SSSR count). The van der Waals surface area contributed by atoms with Crippen LogP contribution < -0.4 is 10.6 Å². The lowest BCUT2D eigenvalue weighted by molar-refractivity contribution is 0.117. The van der Waals surface area contributed by atoms with Crippen LogP contribution in [0.4, 0.5) is 0 Å². The van der Waals surface area contributed by atoms with Crippen LogP contribution in [0.5, 0.6) is 0 Å². The molecule has 1 aromatic carbocycles. The molecule has 0 aliphatic carbocycles. The number of aryl methyl sites for hydroxylation is 1. The van der Waals surface area contributed by atoms with Gasteiger partial charge in [-0.15, -0.1) is 34.2 Å². The SMILES string of the molecule is CCc1nncn1CCNC(=NCC1CCCO1)NC(C)c1ccccc1.I. The molecule has 1 aliphatic rings. The van der Waals surface area contributed by atoms with Crippen molar-refractivity contribution < 1.29 is 4.74 Å². The number of aromatic nitrogens is 3. The summed E-state index contributed by atoms with van der Waals surface area (Å²) in [7, 11) is 0. The fourth-order valence-corrected chi connectivity index (χ4v) is 3.20. The Kier molecular flexibility index (Phi) is 9.69. The Hall–Kier alpha value is -1.68. The van der Waals surface area contributed by atoms with Crippen molar-refractivity contribution >= 4 is 29.9 Å².